The highest BCUT2D eigenvalue weighted by molar-refractivity contribution is 5.44. The Labute approximate surface area is 186 Å². The monoisotopic (exact) mass is 415 g/mol. The van der Waals surface area contributed by atoms with Crippen LogP contribution in [0.1, 0.15) is 40.7 Å². The van der Waals surface area contributed by atoms with Crippen LogP contribution in [0, 0.1) is 6.92 Å². The van der Waals surface area contributed by atoms with Crippen LogP contribution >= 0.6 is 0 Å². The van der Waals surface area contributed by atoms with Crippen molar-refractivity contribution < 1.29 is 9.84 Å². The number of ether oxygens (including phenoxy) is 1. The fourth-order valence-corrected chi connectivity index (χ4v) is 4.65. The average molecular weight is 416 g/mol. The smallest absolute Gasteiger partial charge is 0.123 e. The Balaban J connectivity index is 1.86. The zero-order valence-corrected chi connectivity index (χ0v) is 18.6. The molecule has 0 bridgehead atoms. The molecule has 0 saturated carbocycles. The van der Waals surface area contributed by atoms with Gasteiger partial charge in [0.2, 0.25) is 0 Å². The van der Waals surface area contributed by atoms with E-state index >= 15 is 0 Å². The van der Waals surface area contributed by atoms with E-state index < -0.39 is 5.60 Å². The van der Waals surface area contributed by atoms with E-state index in [0.29, 0.717) is 0 Å². The molecule has 0 radical (unpaired) electrons. The van der Waals surface area contributed by atoms with E-state index in [9.17, 15) is 5.11 Å². The lowest BCUT2D eigenvalue weighted by atomic mass is 9.72. The van der Waals surface area contributed by atoms with Gasteiger partial charge in [-0.15, -0.1) is 0 Å². The number of hydrogen-bond donors (Lipinski definition) is 1. The summed E-state index contributed by atoms with van der Waals surface area (Å²) in [5.41, 5.74) is 4.32. The highest BCUT2D eigenvalue weighted by Gasteiger charge is 2.42. The minimum atomic E-state index is -1.14. The quantitative estimate of drug-likeness (QED) is 0.595. The lowest BCUT2D eigenvalue weighted by Crippen LogP contribution is -2.45. The van der Waals surface area contributed by atoms with Gasteiger partial charge in [-0.2, -0.15) is 0 Å². The van der Waals surface area contributed by atoms with Gasteiger partial charge in [-0.25, -0.2) is 0 Å². The van der Waals surface area contributed by atoms with Gasteiger partial charge in [-0.1, -0.05) is 91.3 Å². The van der Waals surface area contributed by atoms with Crippen molar-refractivity contribution >= 4 is 0 Å². The van der Waals surface area contributed by atoms with Crippen molar-refractivity contribution in [1.29, 1.82) is 0 Å². The minimum absolute atomic E-state index is 0.110. The van der Waals surface area contributed by atoms with Gasteiger partial charge in [0.1, 0.15) is 5.60 Å². The number of aryl methyl sites for hydroxylation is 2. The molecule has 3 aromatic rings. The Morgan fingerprint density at radius 1 is 0.903 bits per heavy atom. The molecule has 1 fully saturated rings. The summed E-state index contributed by atoms with van der Waals surface area (Å²) in [5.74, 6) is -0.110. The molecule has 0 aromatic heterocycles. The van der Waals surface area contributed by atoms with E-state index in [4.69, 9.17) is 4.74 Å². The third-order valence-electron chi connectivity index (χ3n) is 6.51. The van der Waals surface area contributed by atoms with Crippen LogP contribution in [0.5, 0.6) is 0 Å². The second-order valence-electron chi connectivity index (χ2n) is 8.56. The van der Waals surface area contributed by atoms with Crippen LogP contribution in [-0.4, -0.2) is 42.9 Å². The van der Waals surface area contributed by atoms with Crippen LogP contribution in [0.3, 0.4) is 0 Å². The Bertz CT molecular complexity index is 964. The van der Waals surface area contributed by atoms with E-state index in [1.807, 2.05) is 12.1 Å². The summed E-state index contributed by atoms with van der Waals surface area (Å²) >= 11 is 0. The first-order valence-electron chi connectivity index (χ1n) is 11.3. The Kier molecular flexibility index (Phi) is 6.86. The molecule has 1 N–H and O–H groups in total. The molecule has 4 rings (SSSR count). The van der Waals surface area contributed by atoms with Crippen molar-refractivity contribution in [3.05, 3.63) is 107 Å². The molecule has 0 amide bonds. The van der Waals surface area contributed by atoms with Crippen LogP contribution in [0.2, 0.25) is 0 Å². The predicted molar refractivity (Wildman–Crippen MR) is 126 cm³/mol. The van der Waals surface area contributed by atoms with Crippen molar-refractivity contribution in [3.63, 3.8) is 0 Å². The second kappa shape index (κ2) is 9.78. The Hall–Kier alpha value is -2.46. The van der Waals surface area contributed by atoms with Crippen molar-refractivity contribution in [2.75, 3.05) is 32.8 Å². The van der Waals surface area contributed by atoms with Gasteiger partial charge in [0.05, 0.1) is 13.2 Å². The second-order valence-corrected chi connectivity index (χ2v) is 8.56. The highest BCUT2D eigenvalue weighted by atomic mass is 16.5. The third-order valence-corrected chi connectivity index (χ3v) is 6.51. The maximum Gasteiger partial charge on any atom is 0.123 e. The zero-order valence-electron chi connectivity index (χ0n) is 18.6. The molecular weight excluding hydrogens is 382 g/mol. The van der Waals surface area contributed by atoms with Gasteiger partial charge in [0, 0.05) is 25.6 Å². The number of rotatable bonds is 7. The minimum Gasteiger partial charge on any atom is -0.380 e. The van der Waals surface area contributed by atoms with Gasteiger partial charge in [0.15, 0.2) is 0 Å². The molecule has 3 heteroatoms. The Morgan fingerprint density at radius 3 is 2.26 bits per heavy atom. The average Bonchev–Trinajstić information content (AvgIpc) is 2.83. The maximum absolute atomic E-state index is 12.6. The SMILES string of the molecule is CCc1ccc([C@](O)(c2cccc(C)c2)[C@H](CN2CCOCC2)c2ccccc2)cc1. The summed E-state index contributed by atoms with van der Waals surface area (Å²) in [7, 11) is 0. The standard InChI is InChI=1S/C28H33NO2/c1-3-23-12-14-25(15-13-23)28(30,26-11-7-8-22(2)20-26)27(24-9-5-4-6-10-24)21-29-16-18-31-19-17-29/h4-15,20,27,30H,3,16-19,21H2,1-2H3/t27-,28+/m1/s1. The number of hydrogen-bond acceptors (Lipinski definition) is 3. The number of aliphatic hydroxyl groups is 1. The third kappa shape index (κ3) is 4.74. The van der Waals surface area contributed by atoms with Crippen LogP contribution in [0.25, 0.3) is 0 Å². The molecule has 162 valence electrons. The van der Waals surface area contributed by atoms with Crippen molar-refractivity contribution in [1.82, 2.24) is 4.90 Å². The molecule has 1 heterocycles. The van der Waals surface area contributed by atoms with Gasteiger partial charge in [-0.3, -0.25) is 4.90 Å². The van der Waals surface area contributed by atoms with Crippen LogP contribution in [0.4, 0.5) is 0 Å². The number of benzene rings is 3. The van der Waals surface area contributed by atoms with E-state index in [1.165, 1.54) is 5.56 Å². The summed E-state index contributed by atoms with van der Waals surface area (Å²) < 4.78 is 5.58. The van der Waals surface area contributed by atoms with E-state index in [2.05, 4.69) is 85.5 Å². The molecular formula is C28H33NO2. The largest absolute Gasteiger partial charge is 0.380 e. The highest BCUT2D eigenvalue weighted by Crippen LogP contribution is 2.43. The van der Waals surface area contributed by atoms with Crippen molar-refractivity contribution in [3.8, 4) is 0 Å². The summed E-state index contributed by atoms with van der Waals surface area (Å²) in [6.07, 6.45) is 0.985. The molecule has 0 aliphatic carbocycles. The summed E-state index contributed by atoms with van der Waals surface area (Å²) in [4.78, 5) is 2.42. The van der Waals surface area contributed by atoms with E-state index in [0.717, 1.165) is 61.5 Å². The normalized spacial score (nSPS) is 17.8. The molecule has 1 aliphatic rings. The van der Waals surface area contributed by atoms with Crippen molar-refractivity contribution in [2.45, 2.75) is 31.8 Å². The first-order valence-corrected chi connectivity index (χ1v) is 11.3. The molecule has 0 spiro atoms. The van der Waals surface area contributed by atoms with Gasteiger partial charge in [0.25, 0.3) is 0 Å². The van der Waals surface area contributed by atoms with Crippen LogP contribution in [0.15, 0.2) is 78.9 Å². The first kappa shape index (κ1) is 21.8. The van der Waals surface area contributed by atoms with E-state index in [-0.39, 0.29) is 5.92 Å². The van der Waals surface area contributed by atoms with Gasteiger partial charge in [-0.05, 0) is 35.6 Å². The molecule has 1 aliphatic heterocycles. The van der Waals surface area contributed by atoms with E-state index in [1.54, 1.807) is 0 Å². The van der Waals surface area contributed by atoms with Crippen LogP contribution in [-0.2, 0) is 16.8 Å². The fourth-order valence-electron chi connectivity index (χ4n) is 4.65. The van der Waals surface area contributed by atoms with Crippen LogP contribution < -0.4 is 0 Å². The van der Waals surface area contributed by atoms with Gasteiger partial charge < -0.3 is 9.84 Å². The molecule has 0 unspecified atom stereocenters. The topological polar surface area (TPSA) is 32.7 Å². The number of nitrogens with zero attached hydrogens (tertiary/aromatic N) is 1. The number of morpholine rings is 1. The molecule has 1 saturated heterocycles. The summed E-state index contributed by atoms with van der Waals surface area (Å²) in [6.45, 7) is 8.29. The maximum atomic E-state index is 12.6. The van der Waals surface area contributed by atoms with Gasteiger partial charge >= 0.3 is 0 Å². The zero-order chi connectivity index (χ0) is 21.7. The summed E-state index contributed by atoms with van der Waals surface area (Å²) in [5, 5.41) is 12.6. The summed E-state index contributed by atoms with van der Waals surface area (Å²) in [6, 6.07) is 27.3. The molecule has 2 atom stereocenters. The molecule has 3 aromatic carbocycles. The Morgan fingerprint density at radius 2 is 1.61 bits per heavy atom. The predicted octanol–water partition coefficient (Wildman–Crippen LogP) is 4.91. The van der Waals surface area contributed by atoms with Crippen molar-refractivity contribution in [2.24, 2.45) is 0 Å². The lowest BCUT2D eigenvalue weighted by Gasteiger charge is -2.41. The molecule has 3 nitrogen and oxygen atoms in total. The first-order chi connectivity index (χ1) is 15.1. The molecule has 31 heavy (non-hydrogen) atoms. The fraction of sp³-hybridized carbons (Fsp3) is 0.357. The lowest BCUT2D eigenvalue weighted by molar-refractivity contribution is 0.000742.